The number of rotatable bonds is 57. The van der Waals surface area contributed by atoms with Crippen molar-refractivity contribution in [2.24, 2.45) is 0 Å². The maximum atomic E-state index is 12.8. The molecule has 0 heterocycles. The van der Waals surface area contributed by atoms with Gasteiger partial charge >= 0.3 is 17.9 Å². The first kappa shape index (κ1) is 71.3. The first-order valence-electron chi connectivity index (χ1n) is 31.7. The van der Waals surface area contributed by atoms with Gasteiger partial charge in [-0.25, -0.2) is 0 Å². The van der Waals surface area contributed by atoms with Gasteiger partial charge in [-0.05, 0) is 83.5 Å². The molecule has 0 fully saturated rings. The number of carbonyl (C=O) groups is 3. The molecule has 0 aliphatic rings. The van der Waals surface area contributed by atoms with E-state index in [2.05, 4.69) is 106 Å². The lowest BCUT2D eigenvalue weighted by Crippen LogP contribution is -2.30. The Morgan fingerprint density at radius 1 is 0.280 bits per heavy atom. The molecule has 0 aliphatic carbocycles. The molecule has 0 rings (SSSR count). The van der Waals surface area contributed by atoms with Crippen molar-refractivity contribution in [3.05, 3.63) is 97.2 Å². The predicted molar refractivity (Wildman–Crippen MR) is 325 cm³/mol. The van der Waals surface area contributed by atoms with Gasteiger partial charge in [0.25, 0.3) is 0 Å². The molecule has 1 atom stereocenters. The molecule has 0 N–H and O–H groups in total. The Balaban J connectivity index is 4.24. The highest BCUT2D eigenvalue weighted by atomic mass is 16.6. The largest absolute Gasteiger partial charge is 0.462 e. The summed E-state index contributed by atoms with van der Waals surface area (Å²) in [5.41, 5.74) is 0. The van der Waals surface area contributed by atoms with Crippen molar-refractivity contribution in [2.45, 2.75) is 309 Å². The minimum absolute atomic E-state index is 0.115. The van der Waals surface area contributed by atoms with Crippen LogP contribution in [0.3, 0.4) is 0 Å². The van der Waals surface area contributed by atoms with Crippen LogP contribution < -0.4 is 0 Å². The van der Waals surface area contributed by atoms with Gasteiger partial charge in [0, 0.05) is 19.3 Å². The van der Waals surface area contributed by atoms with E-state index in [1.54, 1.807) is 0 Å². The lowest BCUT2D eigenvalue weighted by atomic mass is 10.0. The highest BCUT2D eigenvalue weighted by molar-refractivity contribution is 5.71. The van der Waals surface area contributed by atoms with Crippen molar-refractivity contribution >= 4 is 17.9 Å². The summed E-state index contributed by atoms with van der Waals surface area (Å²) in [6.45, 7) is 6.33. The standard InChI is InChI=1S/C69H118O6/c1-4-7-10-13-16-19-22-25-27-28-29-30-31-32-33-34-35-36-37-38-39-40-42-44-47-50-53-56-59-62-68(71)74-65-66(64-73-67(70)61-58-55-52-49-46-43-24-21-18-15-12-9-6-3)75-69(72)63-60-57-54-51-48-45-41-26-23-20-17-14-11-8-5-2/h8-9,11-12,17-18,20-21,26,41,43,46,48,51-52,55,66H,4-7,10,13-16,19,22-25,27-40,42,44-45,47,49-50,53-54,56-65H2,1-3H3/b11-8-,12-9-,20-17-,21-18-,41-26-,46-43-,51-48-,55-52-. The highest BCUT2D eigenvalue weighted by Crippen LogP contribution is 2.17. The molecule has 430 valence electrons. The van der Waals surface area contributed by atoms with Crippen molar-refractivity contribution in [3.8, 4) is 0 Å². The number of carbonyl (C=O) groups excluding carboxylic acids is 3. The molecule has 6 heteroatoms. The van der Waals surface area contributed by atoms with Crippen LogP contribution in [0, 0.1) is 0 Å². The van der Waals surface area contributed by atoms with Crippen LogP contribution in [0.2, 0.25) is 0 Å². The maximum absolute atomic E-state index is 12.8. The van der Waals surface area contributed by atoms with Crippen LogP contribution in [-0.4, -0.2) is 37.2 Å². The molecular formula is C69H118O6. The maximum Gasteiger partial charge on any atom is 0.306 e. The Labute approximate surface area is 464 Å². The van der Waals surface area contributed by atoms with Crippen LogP contribution in [0.15, 0.2) is 97.2 Å². The van der Waals surface area contributed by atoms with Crippen LogP contribution in [0.5, 0.6) is 0 Å². The Kier molecular flexibility index (Phi) is 59.8. The molecule has 75 heavy (non-hydrogen) atoms. The van der Waals surface area contributed by atoms with Gasteiger partial charge in [-0.2, -0.15) is 0 Å². The van der Waals surface area contributed by atoms with Gasteiger partial charge in [0.1, 0.15) is 13.2 Å². The fourth-order valence-electron chi connectivity index (χ4n) is 8.92. The molecule has 1 unspecified atom stereocenters. The normalized spacial score (nSPS) is 12.7. The van der Waals surface area contributed by atoms with Gasteiger partial charge in [0.15, 0.2) is 6.10 Å². The summed E-state index contributed by atoms with van der Waals surface area (Å²) in [5.74, 6) is -1.04. The van der Waals surface area contributed by atoms with E-state index in [0.29, 0.717) is 19.3 Å². The summed E-state index contributed by atoms with van der Waals surface area (Å²) in [5, 5.41) is 0. The number of allylic oxidation sites excluding steroid dienone is 16. The van der Waals surface area contributed by atoms with Crippen LogP contribution in [0.4, 0.5) is 0 Å². The summed E-state index contributed by atoms with van der Waals surface area (Å²) in [6.07, 6.45) is 84.6. The summed E-state index contributed by atoms with van der Waals surface area (Å²) >= 11 is 0. The number of ether oxygens (including phenoxy) is 3. The Morgan fingerprint density at radius 3 is 0.893 bits per heavy atom. The second-order valence-electron chi connectivity index (χ2n) is 20.9. The number of hydrogen-bond donors (Lipinski definition) is 0. The number of unbranched alkanes of at least 4 members (excludes halogenated alkanes) is 30. The third-order valence-electron chi connectivity index (χ3n) is 13.6. The molecule has 0 aliphatic heterocycles. The Bertz CT molecular complexity index is 1480. The van der Waals surface area contributed by atoms with Crippen molar-refractivity contribution in [1.29, 1.82) is 0 Å². The summed E-state index contributed by atoms with van der Waals surface area (Å²) < 4.78 is 16.8. The van der Waals surface area contributed by atoms with Gasteiger partial charge < -0.3 is 14.2 Å². The van der Waals surface area contributed by atoms with Crippen LogP contribution in [-0.2, 0) is 28.6 Å². The molecule has 0 saturated heterocycles. The van der Waals surface area contributed by atoms with Gasteiger partial charge in [0.2, 0.25) is 0 Å². The summed E-state index contributed by atoms with van der Waals surface area (Å²) in [4.78, 5) is 38.1. The van der Waals surface area contributed by atoms with Crippen molar-refractivity contribution in [1.82, 2.24) is 0 Å². The lowest BCUT2D eigenvalue weighted by molar-refractivity contribution is -0.166. The molecule has 0 bridgehead atoms. The van der Waals surface area contributed by atoms with E-state index in [4.69, 9.17) is 14.2 Å². The lowest BCUT2D eigenvalue weighted by Gasteiger charge is -2.18. The van der Waals surface area contributed by atoms with Crippen LogP contribution in [0.25, 0.3) is 0 Å². The van der Waals surface area contributed by atoms with Crippen LogP contribution in [0.1, 0.15) is 303 Å². The van der Waals surface area contributed by atoms with Crippen molar-refractivity contribution in [2.75, 3.05) is 13.2 Å². The molecule has 0 aromatic heterocycles. The molecule has 0 aromatic rings. The van der Waals surface area contributed by atoms with Crippen LogP contribution >= 0.6 is 0 Å². The third kappa shape index (κ3) is 61.1. The second kappa shape index (κ2) is 62.9. The monoisotopic (exact) mass is 1040 g/mol. The minimum atomic E-state index is -0.828. The van der Waals surface area contributed by atoms with E-state index in [-0.39, 0.29) is 44.0 Å². The number of hydrogen-bond acceptors (Lipinski definition) is 6. The smallest absolute Gasteiger partial charge is 0.306 e. The summed E-state index contributed by atoms with van der Waals surface area (Å²) in [7, 11) is 0. The van der Waals surface area contributed by atoms with Crippen molar-refractivity contribution < 1.29 is 28.6 Å². The zero-order valence-corrected chi connectivity index (χ0v) is 49.3. The van der Waals surface area contributed by atoms with Gasteiger partial charge in [-0.1, -0.05) is 298 Å². The van der Waals surface area contributed by atoms with E-state index >= 15 is 0 Å². The molecule has 0 amide bonds. The average molecular weight is 1040 g/mol. The molecule has 0 aromatic carbocycles. The fraction of sp³-hybridized carbons (Fsp3) is 0.725. The summed E-state index contributed by atoms with van der Waals surface area (Å²) in [6, 6.07) is 0. The third-order valence-corrected chi connectivity index (χ3v) is 13.6. The fourth-order valence-corrected chi connectivity index (χ4v) is 8.92. The van der Waals surface area contributed by atoms with E-state index < -0.39 is 6.10 Å². The molecule has 0 saturated carbocycles. The van der Waals surface area contributed by atoms with E-state index in [0.717, 1.165) is 83.5 Å². The Hall–Kier alpha value is -3.67. The van der Waals surface area contributed by atoms with E-state index in [1.165, 1.54) is 167 Å². The first-order chi connectivity index (χ1) is 37.0. The molecule has 0 spiro atoms. The molecule has 6 nitrogen and oxygen atoms in total. The average Bonchev–Trinajstić information content (AvgIpc) is 3.41. The highest BCUT2D eigenvalue weighted by Gasteiger charge is 2.19. The van der Waals surface area contributed by atoms with Gasteiger partial charge in [-0.3, -0.25) is 14.4 Å². The quantitative estimate of drug-likeness (QED) is 0.0261. The zero-order valence-electron chi connectivity index (χ0n) is 49.3. The van der Waals surface area contributed by atoms with E-state index in [9.17, 15) is 14.4 Å². The second-order valence-corrected chi connectivity index (χ2v) is 20.9. The topological polar surface area (TPSA) is 78.9 Å². The zero-order chi connectivity index (χ0) is 54.3. The predicted octanol–water partition coefficient (Wildman–Crippen LogP) is 21.7. The number of esters is 3. The minimum Gasteiger partial charge on any atom is -0.462 e. The van der Waals surface area contributed by atoms with Crippen molar-refractivity contribution in [3.63, 3.8) is 0 Å². The first-order valence-corrected chi connectivity index (χ1v) is 31.7. The Morgan fingerprint density at radius 2 is 0.547 bits per heavy atom. The van der Waals surface area contributed by atoms with Gasteiger partial charge in [0.05, 0.1) is 0 Å². The molecule has 0 radical (unpaired) electrons. The SMILES string of the molecule is CC/C=C\C/C=C\C/C=C\C/C=C\CCCCC(=O)OC(COC(=O)CC/C=C\C/C=C\C/C=C\C/C=C\CC)COC(=O)CCCCCCCCCCCCCCCCCCCCCCCCCCCCCCC. The molecular weight excluding hydrogens is 925 g/mol. The van der Waals surface area contributed by atoms with E-state index in [1.807, 2.05) is 12.2 Å². The van der Waals surface area contributed by atoms with Gasteiger partial charge in [-0.15, -0.1) is 0 Å².